The van der Waals surface area contributed by atoms with E-state index in [2.05, 4.69) is 0 Å². The highest BCUT2D eigenvalue weighted by Crippen LogP contribution is 2.33. The number of carbonyl (C=O) groups excluding carboxylic acids is 2. The zero-order chi connectivity index (χ0) is 16.0. The largest absolute Gasteiger partial charge is 0.396 e. The van der Waals surface area contributed by atoms with Gasteiger partial charge in [0.15, 0.2) is 5.78 Å². The van der Waals surface area contributed by atoms with Gasteiger partial charge in [-0.1, -0.05) is 31.2 Å². The molecule has 2 aromatic carbocycles. The minimum atomic E-state index is -0.854. The zero-order valence-electron chi connectivity index (χ0n) is 12.5. The first-order valence-corrected chi connectivity index (χ1v) is 7.28. The molecule has 4 nitrogen and oxygen atoms in total. The van der Waals surface area contributed by atoms with E-state index >= 15 is 0 Å². The smallest absolute Gasteiger partial charge is 0.208 e. The first kappa shape index (κ1) is 14.6. The van der Waals surface area contributed by atoms with Crippen LogP contribution in [-0.4, -0.2) is 29.0 Å². The molecule has 2 atom stereocenters. The molecule has 1 aliphatic carbocycles. The summed E-state index contributed by atoms with van der Waals surface area (Å²) < 4.78 is 0. The van der Waals surface area contributed by atoms with Gasteiger partial charge in [-0.2, -0.15) is 0 Å². The molecule has 0 spiro atoms. The number of aryl methyl sites for hydroxylation is 1. The van der Waals surface area contributed by atoms with E-state index in [9.17, 15) is 14.7 Å². The summed E-state index contributed by atoms with van der Waals surface area (Å²) in [6.07, 6.45) is 0. The normalized spacial score (nSPS) is 19.4. The summed E-state index contributed by atoms with van der Waals surface area (Å²) in [5.41, 5.74) is 1.51. The highest BCUT2D eigenvalue weighted by Gasteiger charge is 2.41. The number of aliphatic hydroxyl groups is 1. The molecule has 0 aliphatic heterocycles. The molecular formula is C18H17NO3. The van der Waals surface area contributed by atoms with Gasteiger partial charge in [-0.25, -0.2) is 0 Å². The van der Waals surface area contributed by atoms with Crippen LogP contribution in [0.3, 0.4) is 0 Å². The number of Topliss-reactive ketones (excluding diaryl/α,β-unsaturated/α-hetero) is 2. The molecular weight excluding hydrogens is 278 g/mol. The predicted molar refractivity (Wildman–Crippen MR) is 84.8 cm³/mol. The topological polar surface area (TPSA) is 78.2 Å². The second kappa shape index (κ2) is 5.14. The number of aliphatic hydroxyl groups excluding tert-OH is 1. The summed E-state index contributed by atoms with van der Waals surface area (Å²) in [6.45, 7) is 3.40. The van der Waals surface area contributed by atoms with Gasteiger partial charge in [0.25, 0.3) is 0 Å². The van der Waals surface area contributed by atoms with Crippen LogP contribution < -0.4 is 0 Å². The van der Waals surface area contributed by atoms with Crippen molar-refractivity contribution in [2.24, 2.45) is 11.8 Å². The third-order valence-corrected chi connectivity index (χ3v) is 4.47. The minimum absolute atomic E-state index is 0.215. The van der Waals surface area contributed by atoms with Crippen molar-refractivity contribution < 1.29 is 14.7 Å². The van der Waals surface area contributed by atoms with Crippen molar-refractivity contribution in [3.63, 3.8) is 0 Å². The molecule has 0 amide bonds. The van der Waals surface area contributed by atoms with E-state index < -0.39 is 17.6 Å². The number of hydrogen-bond acceptors (Lipinski definition) is 4. The van der Waals surface area contributed by atoms with Gasteiger partial charge < -0.3 is 10.5 Å². The maximum atomic E-state index is 12.7. The van der Waals surface area contributed by atoms with Crippen molar-refractivity contribution in [1.82, 2.24) is 0 Å². The first-order valence-electron chi connectivity index (χ1n) is 7.28. The zero-order valence-corrected chi connectivity index (χ0v) is 12.5. The van der Waals surface area contributed by atoms with Gasteiger partial charge >= 0.3 is 0 Å². The molecule has 112 valence electrons. The Labute approximate surface area is 128 Å². The molecule has 4 heteroatoms. The number of benzene rings is 2. The van der Waals surface area contributed by atoms with Crippen LogP contribution in [0.15, 0.2) is 30.3 Å². The number of ketones is 2. The average Bonchev–Trinajstić information content (AvgIpc) is 2.52. The van der Waals surface area contributed by atoms with E-state index in [1.165, 1.54) is 0 Å². The number of rotatable bonds is 2. The van der Waals surface area contributed by atoms with Crippen molar-refractivity contribution in [2.45, 2.75) is 13.8 Å². The molecule has 0 radical (unpaired) electrons. The van der Waals surface area contributed by atoms with E-state index in [0.29, 0.717) is 11.1 Å². The second-order valence-corrected chi connectivity index (χ2v) is 5.90. The van der Waals surface area contributed by atoms with Gasteiger partial charge in [0.2, 0.25) is 5.78 Å². The molecule has 0 fully saturated rings. The van der Waals surface area contributed by atoms with Crippen LogP contribution in [0.2, 0.25) is 0 Å². The molecule has 2 N–H and O–H groups in total. The molecule has 0 aromatic heterocycles. The van der Waals surface area contributed by atoms with Crippen LogP contribution in [0.4, 0.5) is 0 Å². The van der Waals surface area contributed by atoms with E-state index in [1.54, 1.807) is 13.0 Å². The predicted octanol–water partition coefficient (Wildman–Crippen LogP) is 2.79. The van der Waals surface area contributed by atoms with E-state index in [0.717, 1.165) is 16.3 Å². The highest BCUT2D eigenvalue weighted by atomic mass is 16.3. The molecule has 0 saturated carbocycles. The Bertz CT molecular complexity index is 822. The van der Waals surface area contributed by atoms with Crippen molar-refractivity contribution >= 4 is 28.1 Å². The molecule has 3 rings (SSSR count). The van der Waals surface area contributed by atoms with Gasteiger partial charge in [0.05, 0.1) is 11.6 Å². The maximum Gasteiger partial charge on any atom is 0.208 e. The summed E-state index contributed by atoms with van der Waals surface area (Å²) in [4.78, 5) is 25.4. The Morgan fingerprint density at radius 3 is 2.59 bits per heavy atom. The average molecular weight is 295 g/mol. The summed E-state index contributed by atoms with van der Waals surface area (Å²) in [7, 11) is 0. The molecule has 0 bridgehead atoms. The van der Waals surface area contributed by atoms with Crippen molar-refractivity contribution in [3.05, 3.63) is 47.0 Å². The van der Waals surface area contributed by atoms with Gasteiger partial charge in [-0.05, 0) is 35.2 Å². The fraction of sp³-hybridized carbons (Fsp3) is 0.278. The van der Waals surface area contributed by atoms with Crippen LogP contribution in [0.5, 0.6) is 0 Å². The minimum Gasteiger partial charge on any atom is -0.396 e. The Balaban J connectivity index is 2.30. The Kier molecular flexibility index (Phi) is 3.41. The Morgan fingerprint density at radius 1 is 1.18 bits per heavy atom. The monoisotopic (exact) mass is 295 g/mol. The number of hydrogen-bond donors (Lipinski definition) is 2. The van der Waals surface area contributed by atoms with Crippen LogP contribution in [-0.2, 0) is 0 Å². The van der Waals surface area contributed by atoms with Gasteiger partial charge in [0.1, 0.15) is 0 Å². The lowest BCUT2D eigenvalue weighted by Crippen LogP contribution is -2.41. The Morgan fingerprint density at radius 2 is 1.91 bits per heavy atom. The molecule has 0 saturated heterocycles. The van der Waals surface area contributed by atoms with E-state index in [-0.39, 0.29) is 18.1 Å². The SMILES string of the molecule is Cc1cccc2c3c(ccc12)C(=O)C(C(C)CO)C(=N)C3=O. The fourth-order valence-electron chi connectivity index (χ4n) is 3.19. The standard InChI is InChI=1S/C18H17NO3/c1-9-4-3-5-12-11(9)6-7-13-15(12)18(22)16(19)14(17(13)21)10(2)8-20/h3-7,10,14,19-20H,8H2,1-2H3. The number of fused-ring (bicyclic) bond motifs is 3. The lowest BCUT2D eigenvalue weighted by molar-refractivity contribution is 0.0862. The second-order valence-electron chi connectivity index (χ2n) is 5.90. The summed E-state index contributed by atoms with van der Waals surface area (Å²) in [5.74, 6) is -1.95. The lowest BCUT2D eigenvalue weighted by atomic mass is 9.73. The fourth-order valence-corrected chi connectivity index (χ4v) is 3.19. The molecule has 2 aromatic rings. The highest BCUT2D eigenvalue weighted by molar-refractivity contribution is 6.54. The van der Waals surface area contributed by atoms with E-state index in [4.69, 9.17) is 5.41 Å². The summed E-state index contributed by atoms with van der Waals surface area (Å²) >= 11 is 0. The molecule has 22 heavy (non-hydrogen) atoms. The molecule has 1 aliphatic rings. The van der Waals surface area contributed by atoms with Crippen LogP contribution in [0.1, 0.15) is 33.2 Å². The van der Waals surface area contributed by atoms with Gasteiger partial charge in [-0.3, -0.25) is 9.59 Å². The summed E-state index contributed by atoms with van der Waals surface area (Å²) in [5, 5.41) is 19.0. The van der Waals surface area contributed by atoms with Crippen molar-refractivity contribution in [1.29, 1.82) is 5.41 Å². The van der Waals surface area contributed by atoms with Gasteiger partial charge in [-0.15, -0.1) is 0 Å². The molecule has 2 unspecified atom stereocenters. The van der Waals surface area contributed by atoms with Crippen LogP contribution in [0, 0.1) is 24.2 Å². The van der Waals surface area contributed by atoms with Gasteiger partial charge in [0, 0.05) is 17.7 Å². The van der Waals surface area contributed by atoms with E-state index in [1.807, 2.05) is 31.2 Å². The van der Waals surface area contributed by atoms with Crippen molar-refractivity contribution in [3.8, 4) is 0 Å². The number of carbonyl (C=O) groups is 2. The van der Waals surface area contributed by atoms with Crippen molar-refractivity contribution in [2.75, 3.05) is 6.61 Å². The van der Waals surface area contributed by atoms with Crippen LogP contribution >= 0.6 is 0 Å². The number of nitrogens with one attached hydrogen (secondary N) is 1. The molecule has 0 heterocycles. The third-order valence-electron chi connectivity index (χ3n) is 4.47. The Hall–Kier alpha value is -2.33. The quantitative estimate of drug-likeness (QED) is 0.894. The summed E-state index contributed by atoms with van der Waals surface area (Å²) in [6, 6.07) is 9.14. The maximum absolute atomic E-state index is 12.7. The lowest BCUT2D eigenvalue weighted by Gasteiger charge is -2.27. The van der Waals surface area contributed by atoms with Crippen LogP contribution in [0.25, 0.3) is 10.8 Å². The third kappa shape index (κ3) is 1.91. The first-order chi connectivity index (χ1) is 10.5.